The molecule has 0 saturated heterocycles. The zero-order chi connectivity index (χ0) is 14.7. The molecule has 4 nitrogen and oxygen atoms in total. The predicted octanol–water partition coefficient (Wildman–Crippen LogP) is 4.87. The van der Waals surface area contributed by atoms with Gasteiger partial charge in [0.15, 0.2) is 0 Å². The zero-order valence-corrected chi connectivity index (χ0v) is 13.2. The smallest absolute Gasteiger partial charge is 0.270 e. The normalized spacial score (nSPS) is 10.3. The Balaban J connectivity index is 2.17. The highest BCUT2D eigenvalue weighted by Gasteiger charge is 2.10. The number of halogens is 3. The van der Waals surface area contributed by atoms with Crippen LogP contribution in [0.25, 0.3) is 0 Å². The molecule has 20 heavy (non-hydrogen) atoms. The molecule has 0 aliphatic rings. The number of nitrogens with zero attached hydrogens (tertiary/aromatic N) is 1. The van der Waals surface area contributed by atoms with E-state index in [1.54, 1.807) is 18.2 Å². The Morgan fingerprint density at radius 2 is 1.95 bits per heavy atom. The molecule has 1 N–H and O–H groups in total. The van der Waals surface area contributed by atoms with Gasteiger partial charge in [0.05, 0.1) is 10.6 Å². The second-order valence-electron chi connectivity index (χ2n) is 3.98. The van der Waals surface area contributed by atoms with Gasteiger partial charge in [0, 0.05) is 27.6 Å². The van der Waals surface area contributed by atoms with Crippen molar-refractivity contribution >= 4 is 43.2 Å². The fourth-order valence-electron chi connectivity index (χ4n) is 1.64. The minimum absolute atomic E-state index is 0.00713. The summed E-state index contributed by atoms with van der Waals surface area (Å²) in [5, 5.41) is 13.6. The van der Waals surface area contributed by atoms with Crippen LogP contribution in [0.3, 0.4) is 0 Å². The number of non-ortho nitro benzene ring substituents is 1. The van der Waals surface area contributed by atoms with E-state index in [1.807, 2.05) is 0 Å². The average molecular weight is 404 g/mol. The van der Waals surface area contributed by atoms with E-state index in [4.69, 9.17) is 0 Å². The van der Waals surface area contributed by atoms with Gasteiger partial charge in [-0.05, 0) is 39.7 Å². The fraction of sp³-hybridized carbons (Fsp3) is 0.0769. The van der Waals surface area contributed by atoms with Gasteiger partial charge in [-0.15, -0.1) is 0 Å². The third-order valence-corrected chi connectivity index (χ3v) is 4.06. The van der Waals surface area contributed by atoms with Crippen LogP contribution in [0, 0.1) is 15.9 Å². The summed E-state index contributed by atoms with van der Waals surface area (Å²) >= 11 is 6.54. The third kappa shape index (κ3) is 3.34. The van der Waals surface area contributed by atoms with Crippen molar-refractivity contribution in [3.8, 4) is 0 Å². The molecule has 0 bridgehead atoms. The lowest BCUT2D eigenvalue weighted by Crippen LogP contribution is -2.03. The summed E-state index contributed by atoms with van der Waals surface area (Å²) in [7, 11) is 0. The monoisotopic (exact) mass is 402 g/mol. The number of rotatable bonds is 4. The van der Waals surface area contributed by atoms with Gasteiger partial charge in [-0.1, -0.05) is 22.0 Å². The maximum atomic E-state index is 13.6. The molecule has 104 valence electrons. The number of hydrogen-bond donors (Lipinski definition) is 1. The van der Waals surface area contributed by atoms with Crippen molar-refractivity contribution in [3.05, 3.63) is 66.8 Å². The summed E-state index contributed by atoms with van der Waals surface area (Å²) in [6.45, 7) is 0.345. The van der Waals surface area contributed by atoms with Crippen molar-refractivity contribution in [3.63, 3.8) is 0 Å². The Morgan fingerprint density at radius 1 is 1.20 bits per heavy atom. The first-order valence-electron chi connectivity index (χ1n) is 5.59. The van der Waals surface area contributed by atoms with Crippen molar-refractivity contribution < 1.29 is 9.31 Å². The summed E-state index contributed by atoms with van der Waals surface area (Å²) in [4.78, 5) is 10.2. The molecule has 0 amide bonds. The Bertz CT molecular complexity index is 645. The lowest BCUT2D eigenvalue weighted by molar-refractivity contribution is -0.384. The molecule has 2 aromatic carbocycles. The van der Waals surface area contributed by atoms with Crippen LogP contribution in [0.1, 0.15) is 5.56 Å². The Labute approximate surface area is 131 Å². The summed E-state index contributed by atoms with van der Waals surface area (Å²) in [6, 6.07) is 9.16. The van der Waals surface area contributed by atoms with E-state index < -0.39 is 4.92 Å². The molecule has 0 spiro atoms. The molecular weight excluding hydrogens is 395 g/mol. The first-order chi connectivity index (χ1) is 9.49. The van der Waals surface area contributed by atoms with Crippen LogP contribution in [0.2, 0.25) is 0 Å². The predicted molar refractivity (Wildman–Crippen MR) is 82.2 cm³/mol. The number of anilines is 1. The number of para-hydroxylation sites is 1. The van der Waals surface area contributed by atoms with E-state index in [0.29, 0.717) is 21.2 Å². The average Bonchev–Trinajstić information content (AvgIpc) is 2.39. The van der Waals surface area contributed by atoms with E-state index in [0.717, 1.165) is 5.56 Å². The standard InChI is InChI=1S/C13H9Br2FN2O2/c14-10-2-1-3-12(16)13(10)17-7-8-4-5-9(18(19)20)6-11(8)15/h1-6,17H,7H2. The molecule has 0 heterocycles. The van der Waals surface area contributed by atoms with Crippen molar-refractivity contribution in [1.82, 2.24) is 0 Å². The third-order valence-electron chi connectivity index (χ3n) is 2.67. The highest BCUT2D eigenvalue weighted by Crippen LogP contribution is 2.28. The van der Waals surface area contributed by atoms with E-state index in [-0.39, 0.29) is 11.5 Å². The number of nitro benzene ring substituents is 1. The zero-order valence-electron chi connectivity index (χ0n) is 10.1. The summed E-state index contributed by atoms with van der Waals surface area (Å²) in [6.07, 6.45) is 0. The molecule has 2 rings (SSSR count). The largest absolute Gasteiger partial charge is 0.378 e. The van der Waals surface area contributed by atoms with Crippen molar-refractivity contribution in [2.75, 3.05) is 5.32 Å². The first kappa shape index (κ1) is 14.9. The second-order valence-corrected chi connectivity index (χ2v) is 5.69. The van der Waals surface area contributed by atoms with Crippen LogP contribution in [0.5, 0.6) is 0 Å². The molecule has 0 atom stereocenters. The second kappa shape index (κ2) is 6.32. The minimum atomic E-state index is -0.463. The van der Waals surface area contributed by atoms with Gasteiger partial charge < -0.3 is 5.32 Å². The van der Waals surface area contributed by atoms with Gasteiger partial charge in [0.2, 0.25) is 0 Å². The lowest BCUT2D eigenvalue weighted by Gasteiger charge is -2.10. The van der Waals surface area contributed by atoms with Crippen LogP contribution in [0.15, 0.2) is 45.3 Å². The number of nitro groups is 1. The molecule has 0 aliphatic carbocycles. The fourth-order valence-corrected chi connectivity index (χ4v) is 2.63. The van der Waals surface area contributed by atoms with Crippen molar-refractivity contribution in [2.45, 2.75) is 6.54 Å². The van der Waals surface area contributed by atoms with Crippen LogP contribution in [0.4, 0.5) is 15.8 Å². The summed E-state index contributed by atoms with van der Waals surface area (Å²) < 4.78 is 14.9. The van der Waals surface area contributed by atoms with Crippen LogP contribution in [-0.2, 0) is 6.54 Å². The molecular formula is C13H9Br2FN2O2. The number of nitrogens with one attached hydrogen (secondary N) is 1. The summed E-state index contributed by atoms with van der Waals surface area (Å²) in [5.41, 5.74) is 1.16. The quantitative estimate of drug-likeness (QED) is 0.585. The van der Waals surface area contributed by atoms with E-state index >= 15 is 0 Å². The molecule has 7 heteroatoms. The number of benzene rings is 2. The van der Waals surface area contributed by atoms with Gasteiger partial charge >= 0.3 is 0 Å². The van der Waals surface area contributed by atoms with Crippen LogP contribution >= 0.6 is 31.9 Å². The highest BCUT2D eigenvalue weighted by atomic mass is 79.9. The Morgan fingerprint density at radius 3 is 2.55 bits per heavy atom. The molecule has 0 aliphatic heterocycles. The molecule has 2 aromatic rings. The highest BCUT2D eigenvalue weighted by molar-refractivity contribution is 9.11. The van der Waals surface area contributed by atoms with Gasteiger partial charge in [0.25, 0.3) is 5.69 Å². The van der Waals surface area contributed by atoms with Crippen molar-refractivity contribution in [2.24, 2.45) is 0 Å². The molecule has 0 fully saturated rings. The molecule has 0 saturated carbocycles. The van der Waals surface area contributed by atoms with E-state index in [9.17, 15) is 14.5 Å². The minimum Gasteiger partial charge on any atom is -0.378 e. The maximum Gasteiger partial charge on any atom is 0.270 e. The van der Waals surface area contributed by atoms with Gasteiger partial charge in [-0.3, -0.25) is 10.1 Å². The SMILES string of the molecule is O=[N+]([O-])c1ccc(CNc2c(F)cccc2Br)c(Br)c1. The Hall–Kier alpha value is -1.47. The topological polar surface area (TPSA) is 55.2 Å². The molecule has 0 aromatic heterocycles. The molecule has 0 radical (unpaired) electrons. The lowest BCUT2D eigenvalue weighted by atomic mass is 10.2. The molecule has 0 unspecified atom stereocenters. The van der Waals surface area contributed by atoms with Gasteiger partial charge in [-0.25, -0.2) is 4.39 Å². The van der Waals surface area contributed by atoms with Gasteiger partial charge in [-0.2, -0.15) is 0 Å². The van der Waals surface area contributed by atoms with Crippen LogP contribution in [-0.4, -0.2) is 4.92 Å². The van der Waals surface area contributed by atoms with E-state index in [1.165, 1.54) is 18.2 Å². The van der Waals surface area contributed by atoms with Gasteiger partial charge in [0.1, 0.15) is 5.82 Å². The van der Waals surface area contributed by atoms with Crippen molar-refractivity contribution in [1.29, 1.82) is 0 Å². The summed E-state index contributed by atoms with van der Waals surface area (Å²) in [5.74, 6) is -0.364. The maximum absolute atomic E-state index is 13.6. The van der Waals surface area contributed by atoms with Crippen LogP contribution < -0.4 is 5.32 Å². The number of hydrogen-bond acceptors (Lipinski definition) is 3. The van der Waals surface area contributed by atoms with E-state index in [2.05, 4.69) is 37.2 Å². The Kier molecular flexibility index (Phi) is 4.72. The first-order valence-corrected chi connectivity index (χ1v) is 7.18.